The van der Waals surface area contributed by atoms with Crippen LogP contribution in [0.5, 0.6) is 5.75 Å². The van der Waals surface area contributed by atoms with E-state index in [1.54, 1.807) is 6.07 Å². The van der Waals surface area contributed by atoms with Crippen LogP contribution in [0, 0.1) is 17.0 Å². The SMILES string of the molecule is Cc1ccc(Sc2ccc([N+](=O)[O-])c(O)c2)cc1. The first-order valence-electron chi connectivity index (χ1n) is 5.28. The van der Waals surface area contributed by atoms with Gasteiger partial charge in [-0.1, -0.05) is 29.5 Å². The maximum Gasteiger partial charge on any atom is 0.310 e. The Labute approximate surface area is 108 Å². The molecule has 0 amide bonds. The lowest BCUT2D eigenvalue weighted by Crippen LogP contribution is -1.88. The van der Waals surface area contributed by atoms with E-state index >= 15 is 0 Å². The maximum atomic E-state index is 10.6. The van der Waals surface area contributed by atoms with E-state index in [4.69, 9.17) is 0 Å². The Morgan fingerprint density at radius 3 is 2.28 bits per heavy atom. The summed E-state index contributed by atoms with van der Waals surface area (Å²) in [6.45, 7) is 2.01. The van der Waals surface area contributed by atoms with Crippen molar-refractivity contribution >= 4 is 17.4 Å². The van der Waals surface area contributed by atoms with Gasteiger partial charge in [0.1, 0.15) is 0 Å². The Hall–Kier alpha value is -2.01. The summed E-state index contributed by atoms with van der Waals surface area (Å²) in [6, 6.07) is 12.3. The average Bonchev–Trinajstić information content (AvgIpc) is 2.32. The highest BCUT2D eigenvalue weighted by Crippen LogP contribution is 2.34. The highest BCUT2D eigenvalue weighted by molar-refractivity contribution is 7.99. The number of benzene rings is 2. The summed E-state index contributed by atoms with van der Waals surface area (Å²) in [5, 5.41) is 20.1. The van der Waals surface area contributed by atoms with E-state index in [9.17, 15) is 15.2 Å². The molecule has 2 aromatic rings. The topological polar surface area (TPSA) is 63.4 Å². The molecule has 0 radical (unpaired) electrons. The zero-order valence-electron chi connectivity index (χ0n) is 9.66. The lowest BCUT2D eigenvalue weighted by Gasteiger charge is -2.03. The number of phenols is 1. The summed E-state index contributed by atoms with van der Waals surface area (Å²) >= 11 is 1.45. The third kappa shape index (κ3) is 2.81. The van der Waals surface area contributed by atoms with Gasteiger partial charge in [0.05, 0.1) is 4.92 Å². The molecule has 0 aromatic heterocycles. The van der Waals surface area contributed by atoms with E-state index in [0.717, 1.165) is 9.79 Å². The highest BCUT2D eigenvalue weighted by atomic mass is 32.2. The van der Waals surface area contributed by atoms with Crippen LogP contribution in [0.25, 0.3) is 0 Å². The number of aryl methyl sites for hydroxylation is 1. The predicted octanol–water partition coefficient (Wildman–Crippen LogP) is 3.76. The molecule has 1 N–H and O–H groups in total. The molecule has 0 heterocycles. The third-order valence-electron chi connectivity index (χ3n) is 2.40. The smallest absolute Gasteiger partial charge is 0.310 e. The van der Waals surface area contributed by atoms with E-state index in [0.29, 0.717) is 0 Å². The second-order valence-electron chi connectivity index (χ2n) is 3.82. The van der Waals surface area contributed by atoms with E-state index < -0.39 is 4.92 Å². The van der Waals surface area contributed by atoms with Gasteiger partial charge in [0, 0.05) is 21.9 Å². The molecule has 2 aromatic carbocycles. The van der Waals surface area contributed by atoms with E-state index in [1.165, 1.54) is 29.5 Å². The number of nitro benzene ring substituents is 1. The van der Waals surface area contributed by atoms with Crippen molar-refractivity contribution in [3.8, 4) is 5.75 Å². The fourth-order valence-corrected chi connectivity index (χ4v) is 2.31. The number of nitro groups is 1. The van der Waals surface area contributed by atoms with Crippen LogP contribution >= 0.6 is 11.8 Å². The monoisotopic (exact) mass is 261 g/mol. The van der Waals surface area contributed by atoms with Crippen LogP contribution < -0.4 is 0 Å². The molecule has 0 fully saturated rings. The van der Waals surface area contributed by atoms with Gasteiger partial charge < -0.3 is 5.11 Å². The number of aromatic hydroxyl groups is 1. The molecule has 0 aliphatic rings. The second kappa shape index (κ2) is 5.10. The van der Waals surface area contributed by atoms with Crippen molar-refractivity contribution in [3.63, 3.8) is 0 Å². The van der Waals surface area contributed by atoms with Gasteiger partial charge in [-0.25, -0.2) is 0 Å². The summed E-state index contributed by atoms with van der Waals surface area (Å²) in [5.74, 6) is -0.308. The van der Waals surface area contributed by atoms with Gasteiger partial charge in [0.25, 0.3) is 0 Å². The number of hydrogen-bond donors (Lipinski definition) is 1. The minimum atomic E-state index is -0.602. The first-order valence-corrected chi connectivity index (χ1v) is 6.10. The summed E-state index contributed by atoms with van der Waals surface area (Å²) in [7, 11) is 0. The van der Waals surface area contributed by atoms with Crippen LogP contribution in [-0.4, -0.2) is 10.0 Å². The van der Waals surface area contributed by atoms with Crippen molar-refractivity contribution in [2.24, 2.45) is 0 Å². The molecule has 0 spiro atoms. The first-order chi connectivity index (χ1) is 8.56. The van der Waals surface area contributed by atoms with Gasteiger partial charge in [0.2, 0.25) is 0 Å². The highest BCUT2D eigenvalue weighted by Gasteiger charge is 2.13. The fraction of sp³-hybridized carbons (Fsp3) is 0.0769. The standard InChI is InChI=1S/C13H11NO3S/c1-9-2-4-10(5-3-9)18-11-6-7-12(14(16)17)13(15)8-11/h2-8,15H,1H3. The van der Waals surface area contributed by atoms with Crippen molar-refractivity contribution in [1.82, 2.24) is 0 Å². The number of hydrogen-bond acceptors (Lipinski definition) is 4. The third-order valence-corrected chi connectivity index (χ3v) is 3.40. The van der Waals surface area contributed by atoms with E-state index in [2.05, 4.69) is 0 Å². The number of nitrogens with zero attached hydrogens (tertiary/aromatic N) is 1. The predicted molar refractivity (Wildman–Crippen MR) is 70.1 cm³/mol. The number of phenolic OH excluding ortho intramolecular Hbond substituents is 1. The minimum Gasteiger partial charge on any atom is -0.502 e. The summed E-state index contributed by atoms with van der Waals surface area (Å²) < 4.78 is 0. The average molecular weight is 261 g/mol. The molecular weight excluding hydrogens is 250 g/mol. The Kier molecular flexibility index (Phi) is 3.53. The lowest BCUT2D eigenvalue weighted by molar-refractivity contribution is -0.385. The van der Waals surface area contributed by atoms with Crippen molar-refractivity contribution in [2.45, 2.75) is 16.7 Å². The molecule has 0 unspecified atom stereocenters. The van der Waals surface area contributed by atoms with Gasteiger partial charge in [-0.2, -0.15) is 0 Å². The minimum absolute atomic E-state index is 0.275. The fourth-order valence-electron chi connectivity index (χ4n) is 1.46. The molecule has 0 atom stereocenters. The van der Waals surface area contributed by atoms with Gasteiger partial charge >= 0.3 is 5.69 Å². The largest absolute Gasteiger partial charge is 0.502 e. The Bertz CT molecular complexity index is 581. The Morgan fingerprint density at radius 2 is 1.72 bits per heavy atom. The Balaban J connectivity index is 2.22. The molecule has 4 nitrogen and oxygen atoms in total. The van der Waals surface area contributed by atoms with Crippen molar-refractivity contribution < 1.29 is 10.0 Å². The van der Waals surface area contributed by atoms with Gasteiger partial charge in [0.15, 0.2) is 5.75 Å². The van der Waals surface area contributed by atoms with Crippen LogP contribution in [0.15, 0.2) is 52.3 Å². The summed E-state index contributed by atoms with van der Waals surface area (Å²) in [6.07, 6.45) is 0. The molecular formula is C13H11NO3S. The van der Waals surface area contributed by atoms with Crippen LogP contribution in [0.2, 0.25) is 0 Å². The summed E-state index contributed by atoms with van der Waals surface area (Å²) in [4.78, 5) is 11.8. The van der Waals surface area contributed by atoms with Crippen LogP contribution in [-0.2, 0) is 0 Å². The van der Waals surface area contributed by atoms with E-state index in [1.807, 2.05) is 31.2 Å². The molecule has 18 heavy (non-hydrogen) atoms. The van der Waals surface area contributed by atoms with Gasteiger partial charge in [-0.15, -0.1) is 0 Å². The first kappa shape index (κ1) is 12.4. The van der Waals surface area contributed by atoms with Crippen molar-refractivity contribution in [2.75, 3.05) is 0 Å². The van der Waals surface area contributed by atoms with Crippen LogP contribution in [0.1, 0.15) is 5.56 Å². The van der Waals surface area contributed by atoms with Gasteiger partial charge in [-0.05, 0) is 25.1 Å². The molecule has 0 saturated carbocycles. The molecule has 0 saturated heterocycles. The van der Waals surface area contributed by atoms with Crippen LogP contribution in [0.3, 0.4) is 0 Å². The number of rotatable bonds is 3. The molecule has 0 aliphatic heterocycles. The van der Waals surface area contributed by atoms with Gasteiger partial charge in [-0.3, -0.25) is 10.1 Å². The Morgan fingerprint density at radius 1 is 1.11 bits per heavy atom. The summed E-state index contributed by atoms with van der Waals surface area (Å²) in [5.41, 5.74) is 0.897. The molecule has 2 rings (SSSR count). The zero-order chi connectivity index (χ0) is 13.1. The van der Waals surface area contributed by atoms with Crippen molar-refractivity contribution in [1.29, 1.82) is 0 Å². The quantitative estimate of drug-likeness (QED) is 0.675. The molecule has 0 aliphatic carbocycles. The second-order valence-corrected chi connectivity index (χ2v) is 4.97. The van der Waals surface area contributed by atoms with Crippen LogP contribution in [0.4, 0.5) is 5.69 Å². The van der Waals surface area contributed by atoms with E-state index in [-0.39, 0.29) is 11.4 Å². The zero-order valence-corrected chi connectivity index (χ0v) is 10.5. The normalized spacial score (nSPS) is 10.3. The molecule has 92 valence electrons. The molecule has 5 heteroatoms. The van der Waals surface area contributed by atoms with Crippen molar-refractivity contribution in [3.05, 3.63) is 58.1 Å². The lowest BCUT2D eigenvalue weighted by atomic mass is 10.2. The maximum absolute atomic E-state index is 10.6. The molecule has 0 bridgehead atoms.